The Hall–Kier alpha value is -2.14. The summed E-state index contributed by atoms with van der Waals surface area (Å²) in [6.07, 6.45) is 5.78. The topological polar surface area (TPSA) is 42.7 Å². The Bertz CT molecular complexity index is 672. The van der Waals surface area contributed by atoms with Crippen LogP contribution in [0, 0.1) is 0 Å². The van der Waals surface area contributed by atoms with E-state index in [1.165, 1.54) is 4.88 Å². The number of imidazole rings is 1. The highest BCUT2D eigenvalue weighted by atomic mass is 32.1. The number of nitrogens with zero attached hydrogens (tertiary/aromatic N) is 3. The lowest BCUT2D eigenvalue weighted by Crippen LogP contribution is -1.99. The first-order valence-corrected chi connectivity index (χ1v) is 7.43. The van der Waals surface area contributed by atoms with Gasteiger partial charge in [-0.05, 0) is 6.92 Å². The van der Waals surface area contributed by atoms with Crippen molar-refractivity contribution in [2.45, 2.75) is 13.5 Å². The van der Waals surface area contributed by atoms with Crippen LogP contribution in [0.15, 0.2) is 48.9 Å². The van der Waals surface area contributed by atoms with Gasteiger partial charge in [0.2, 0.25) is 0 Å². The van der Waals surface area contributed by atoms with Crippen molar-refractivity contribution >= 4 is 16.5 Å². The fourth-order valence-electron chi connectivity index (χ4n) is 2.07. The first-order chi connectivity index (χ1) is 9.86. The van der Waals surface area contributed by atoms with Gasteiger partial charge in [0.25, 0.3) is 0 Å². The monoisotopic (exact) mass is 284 g/mol. The van der Waals surface area contributed by atoms with Crippen LogP contribution in [-0.4, -0.2) is 21.1 Å². The molecule has 0 spiro atoms. The Kier molecular flexibility index (Phi) is 3.78. The van der Waals surface area contributed by atoms with Gasteiger partial charge in [0, 0.05) is 35.6 Å². The molecule has 0 unspecified atom stereocenters. The second-order valence-electron chi connectivity index (χ2n) is 4.41. The second-order valence-corrected chi connectivity index (χ2v) is 5.52. The van der Waals surface area contributed by atoms with Crippen LogP contribution in [0.2, 0.25) is 0 Å². The van der Waals surface area contributed by atoms with Gasteiger partial charge in [-0.15, -0.1) is 11.3 Å². The summed E-state index contributed by atoms with van der Waals surface area (Å²) in [5, 5.41) is 4.21. The summed E-state index contributed by atoms with van der Waals surface area (Å²) in [5.41, 5.74) is 1.13. The molecule has 0 amide bonds. The highest BCUT2D eigenvalue weighted by molar-refractivity contribution is 7.15. The van der Waals surface area contributed by atoms with Crippen LogP contribution in [-0.2, 0) is 6.54 Å². The van der Waals surface area contributed by atoms with Crippen molar-refractivity contribution in [3.63, 3.8) is 0 Å². The Balaban J connectivity index is 1.83. The zero-order valence-electron chi connectivity index (χ0n) is 11.3. The number of aromatic nitrogens is 3. The maximum atomic E-state index is 4.46. The fraction of sp³-hybridized carbons (Fsp3) is 0.200. The summed E-state index contributed by atoms with van der Waals surface area (Å²) in [7, 11) is 0. The molecule has 0 aliphatic carbocycles. The summed E-state index contributed by atoms with van der Waals surface area (Å²) < 4.78 is 2.15. The average molecular weight is 284 g/mol. The van der Waals surface area contributed by atoms with Gasteiger partial charge in [-0.25, -0.2) is 9.97 Å². The summed E-state index contributed by atoms with van der Waals surface area (Å²) in [6.45, 7) is 3.77. The molecule has 2 heterocycles. The predicted octanol–water partition coefficient (Wildman–Crippen LogP) is 3.49. The molecule has 0 atom stereocenters. The normalized spacial score (nSPS) is 10.7. The number of thiazole rings is 1. The number of hydrogen-bond acceptors (Lipinski definition) is 4. The molecule has 0 aliphatic heterocycles. The van der Waals surface area contributed by atoms with Crippen molar-refractivity contribution in [1.82, 2.24) is 14.5 Å². The molecule has 0 aliphatic rings. The zero-order chi connectivity index (χ0) is 13.8. The van der Waals surface area contributed by atoms with E-state index in [1.54, 1.807) is 11.3 Å². The average Bonchev–Trinajstić information content (AvgIpc) is 3.10. The molecule has 3 aromatic rings. The van der Waals surface area contributed by atoms with Crippen LogP contribution in [0.4, 0.5) is 5.13 Å². The lowest BCUT2D eigenvalue weighted by atomic mass is 10.2. The minimum Gasteiger partial charge on any atom is -0.362 e. The van der Waals surface area contributed by atoms with Gasteiger partial charge in [0.15, 0.2) is 5.13 Å². The van der Waals surface area contributed by atoms with Gasteiger partial charge in [-0.3, -0.25) is 0 Å². The Morgan fingerprint density at radius 3 is 2.85 bits per heavy atom. The van der Waals surface area contributed by atoms with Gasteiger partial charge < -0.3 is 9.88 Å². The van der Waals surface area contributed by atoms with Crippen molar-refractivity contribution in [3.05, 3.63) is 53.8 Å². The number of rotatable bonds is 5. The second kappa shape index (κ2) is 5.88. The number of hydrogen-bond donors (Lipinski definition) is 1. The molecular weight excluding hydrogens is 268 g/mol. The molecule has 2 aromatic heterocycles. The molecule has 5 heteroatoms. The summed E-state index contributed by atoms with van der Waals surface area (Å²) in [6, 6.07) is 10.2. The quantitative estimate of drug-likeness (QED) is 0.780. The van der Waals surface area contributed by atoms with E-state index in [2.05, 4.69) is 38.9 Å². The molecule has 3 rings (SSSR count). The predicted molar refractivity (Wildman–Crippen MR) is 83.0 cm³/mol. The van der Waals surface area contributed by atoms with E-state index in [0.717, 1.165) is 29.6 Å². The van der Waals surface area contributed by atoms with E-state index < -0.39 is 0 Å². The van der Waals surface area contributed by atoms with Gasteiger partial charge >= 0.3 is 0 Å². The standard InChI is InChI=1S/C15H16N4S/c1-2-16-15-18-10-13(20-15)11-19-9-8-17-14(19)12-6-4-3-5-7-12/h3-10H,2,11H2,1H3,(H,16,18). The van der Waals surface area contributed by atoms with Crippen LogP contribution in [0.1, 0.15) is 11.8 Å². The molecule has 0 radical (unpaired) electrons. The largest absolute Gasteiger partial charge is 0.362 e. The molecule has 1 aromatic carbocycles. The molecule has 0 saturated heterocycles. The van der Waals surface area contributed by atoms with Crippen molar-refractivity contribution in [2.24, 2.45) is 0 Å². The van der Waals surface area contributed by atoms with E-state index in [-0.39, 0.29) is 0 Å². The third-order valence-corrected chi connectivity index (χ3v) is 3.90. The molecule has 0 bridgehead atoms. The Labute approximate surface area is 122 Å². The third kappa shape index (κ3) is 2.72. The molecule has 1 N–H and O–H groups in total. The van der Waals surface area contributed by atoms with Gasteiger partial charge in [0.05, 0.1) is 6.54 Å². The lowest BCUT2D eigenvalue weighted by molar-refractivity contribution is 0.818. The molecule has 0 fully saturated rings. The Morgan fingerprint density at radius 1 is 1.20 bits per heavy atom. The highest BCUT2D eigenvalue weighted by Gasteiger charge is 2.08. The van der Waals surface area contributed by atoms with Crippen LogP contribution in [0.3, 0.4) is 0 Å². The number of benzene rings is 1. The van der Waals surface area contributed by atoms with Crippen molar-refractivity contribution in [1.29, 1.82) is 0 Å². The molecule has 20 heavy (non-hydrogen) atoms. The van der Waals surface area contributed by atoms with E-state index in [1.807, 2.05) is 36.8 Å². The number of anilines is 1. The van der Waals surface area contributed by atoms with E-state index in [9.17, 15) is 0 Å². The van der Waals surface area contributed by atoms with Crippen molar-refractivity contribution < 1.29 is 0 Å². The van der Waals surface area contributed by atoms with Crippen LogP contribution < -0.4 is 5.32 Å². The summed E-state index contributed by atoms with van der Waals surface area (Å²) >= 11 is 1.69. The zero-order valence-corrected chi connectivity index (χ0v) is 12.1. The fourth-order valence-corrected chi connectivity index (χ4v) is 2.95. The van der Waals surface area contributed by atoms with Gasteiger partial charge in [-0.2, -0.15) is 0 Å². The van der Waals surface area contributed by atoms with Crippen molar-refractivity contribution in [2.75, 3.05) is 11.9 Å². The first kappa shape index (κ1) is 12.9. The lowest BCUT2D eigenvalue weighted by Gasteiger charge is -2.06. The van der Waals surface area contributed by atoms with Gasteiger partial charge in [0.1, 0.15) is 5.82 Å². The van der Waals surface area contributed by atoms with Gasteiger partial charge in [-0.1, -0.05) is 30.3 Å². The molecule has 0 saturated carbocycles. The maximum Gasteiger partial charge on any atom is 0.182 e. The van der Waals surface area contributed by atoms with Crippen LogP contribution >= 0.6 is 11.3 Å². The summed E-state index contributed by atoms with van der Waals surface area (Å²) in [4.78, 5) is 10.0. The van der Waals surface area contributed by atoms with E-state index in [4.69, 9.17) is 0 Å². The van der Waals surface area contributed by atoms with Crippen LogP contribution in [0.5, 0.6) is 0 Å². The first-order valence-electron chi connectivity index (χ1n) is 6.62. The number of nitrogens with one attached hydrogen (secondary N) is 1. The molecular formula is C15H16N4S. The van der Waals surface area contributed by atoms with E-state index >= 15 is 0 Å². The Morgan fingerprint density at radius 2 is 2.05 bits per heavy atom. The minimum absolute atomic E-state index is 0.799. The minimum atomic E-state index is 0.799. The van der Waals surface area contributed by atoms with Crippen LogP contribution in [0.25, 0.3) is 11.4 Å². The highest BCUT2D eigenvalue weighted by Crippen LogP contribution is 2.22. The van der Waals surface area contributed by atoms with Crippen molar-refractivity contribution in [3.8, 4) is 11.4 Å². The van der Waals surface area contributed by atoms with E-state index in [0.29, 0.717) is 0 Å². The molecule has 102 valence electrons. The summed E-state index contributed by atoms with van der Waals surface area (Å²) in [5.74, 6) is 0.990. The smallest absolute Gasteiger partial charge is 0.182 e. The SMILES string of the molecule is CCNc1ncc(Cn2ccnc2-c2ccccc2)s1. The maximum absolute atomic E-state index is 4.46. The molecule has 4 nitrogen and oxygen atoms in total. The third-order valence-electron chi connectivity index (χ3n) is 2.96.